The number of carbonyl (C=O) groups is 1. The van der Waals surface area contributed by atoms with Gasteiger partial charge in [-0.15, -0.1) is 0 Å². The lowest BCUT2D eigenvalue weighted by molar-refractivity contribution is -0.103. The molecule has 0 fully saturated rings. The monoisotopic (exact) mass is 210 g/mol. The minimum atomic E-state index is 0.517. The molecule has 0 saturated carbocycles. The quantitative estimate of drug-likeness (QED) is 0.434. The molecule has 0 aliphatic carbocycles. The number of rotatable bonds is 4. The summed E-state index contributed by atoms with van der Waals surface area (Å²) >= 11 is 5.72. The maximum Gasteiger partial charge on any atom is 0.153 e. The van der Waals surface area contributed by atoms with E-state index in [4.69, 9.17) is 16.3 Å². The van der Waals surface area contributed by atoms with Crippen LogP contribution in [-0.2, 0) is 9.53 Å². The SMILES string of the molecule is CCO/C=C(/C=O)c1ccc(Cl)cc1. The van der Waals surface area contributed by atoms with Crippen LogP contribution in [0.15, 0.2) is 30.5 Å². The van der Waals surface area contributed by atoms with Crippen molar-refractivity contribution in [2.45, 2.75) is 6.92 Å². The fraction of sp³-hybridized carbons (Fsp3) is 0.182. The van der Waals surface area contributed by atoms with Crippen molar-refractivity contribution in [3.63, 3.8) is 0 Å². The van der Waals surface area contributed by atoms with Crippen LogP contribution >= 0.6 is 11.6 Å². The summed E-state index contributed by atoms with van der Waals surface area (Å²) in [7, 11) is 0. The van der Waals surface area contributed by atoms with Crippen LogP contribution in [0.3, 0.4) is 0 Å². The Morgan fingerprint density at radius 1 is 1.43 bits per heavy atom. The van der Waals surface area contributed by atoms with Gasteiger partial charge in [0.2, 0.25) is 0 Å². The molecule has 0 aromatic heterocycles. The minimum Gasteiger partial charge on any atom is -0.501 e. The molecule has 0 saturated heterocycles. The lowest BCUT2D eigenvalue weighted by atomic mass is 10.1. The van der Waals surface area contributed by atoms with Crippen LogP contribution in [0.1, 0.15) is 12.5 Å². The van der Waals surface area contributed by atoms with Crippen molar-refractivity contribution in [1.82, 2.24) is 0 Å². The molecule has 0 atom stereocenters. The van der Waals surface area contributed by atoms with Crippen LogP contribution in [0.4, 0.5) is 0 Å². The van der Waals surface area contributed by atoms with Gasteiger partial charge < -0.3 is 4.74 Å². The molecule has 0 heterocycles. The molecule has 0 radical (unpaired) electrons. The number of halogens is 1. The first-order chi connectivity index (χ1) is 6.77. The Hall–Kier alpha value is -1.28. The lowest BCUT2D eigenvalue weighted by Crippen LogP contribution is -1.88. The second-order valence-electron chi connectivity index (χ2n) is 2.65. The van der Waals surface area contributed by atoms with Gasteiger partial charge >= 0.3 is 0 Å². The van der Waals surface area contributed by atoms with E-state index >= 15 is 0 Å². The van der Waals surface area contributed by atoms with E-state index in [0.29, 0.717) is 17.2 Å². The lowest BCUT2D eigenvalue weighted by Gasteiger charge is -2.00. The summed E-state index contributed by atoms with van der Waals surface area (Å²) in [6.07, 6.45) is 2.22. The van der Waals surface area contributed by atoms with Crippen LogP contribution < -0.4 is 0 Å². The first-order valence-electron chi connectivity index (χ1n) is 4.30. The molecule has 0 aliphatic heterocycles. The van der Waals surface area contributed by atoms with E-state index < -0.39 is 0 Å². The van der Waals surface area contributed by atoms with E-state index in [2.05, 4.69) is 0 Å². The van der Waals surface area contributed by atoms with E-state index in [1.165, 1.54) is 6.26 Å². The average Bonchev–Trinajstić information content (AvgIpc) is 2.21. The smallest absolute Gasteiger partial charge is 0.153 e. The summed E-state index contributed by atoms with van der Waals surface area (Å²) in [5, 5.41) is 0.649. The number of hydrogen-bond acceptors (Lipinski definition) is 2. The van der Waals surface area contributed by atoms with Gasteiger partial charge in [0, 0.05) is 5.02 Å². The molecule has 0 spiro atoms. The van der Waals surface area contributed by atoms with Gasteiger partial charge in [-0.2, -0.15) is 0 Å². The molecule has 2 nitrogen and oxygen atoms in total. The number of ether oxygens (including phenoxy) is 1. The third-order valence-corrected chi connectivity index (χ3v) is 1.93. The number of benzene rings is 1. The van der Waals surface area contributed by atoms with E-state index in [1.807, 2.05) is 6.92 Å². The normalized spacial score (nSPS) is 11.1. The predicted molar refractivity (Wildman–Crippen MR) is 57.1 cm³/mol. The summed E-state index contributed by atoms with van der Waals surface area (Å²) in [5.74, 6) is 0. The van der Waals surface area contributed by atoms with Gasteiger partial charge in [-0.1, -0.05) is 23.7 Å². The van der Waals surface area contributed by atoms with E-state index in [9.17, 15) is 4.79 Å². The fourth-order valence-electron chi connectivity index (χ4n) is 0.979. The second kappa shape index (κ2) is 5.45. The molecule has 3 heteroatoms. The molecule has 0 aliphatic rings. The van der Waals surface area contributed by atoms with Gasteiger partial charge in [-0.3, -0.25) is 4.79 Å². The van der Waals surface area contributed by atoms with Crippen molar-refractivity contribution in [2.75, 3.05) is 6.61 Å². The molecular weight excluding hydrogens is 200 g/mol. The molecule has 0 bridgehead atoms. The maximum atomic E-state index is 10.7. The maximum absolute atomic E-state index is 10.7. The van der Waals surface area contributed by atoms with E-state index in [1.54, 1.807) is 24.3 Å². The van der Waals surface area contributed by atoms with Crippen LogP contribution in [0.2, 0.25) is 5.02 Å². The highest BCUT2D eigenvalue weighted by atomic mass is 35.5. The summed E-state index contributed by atoms with van der Waals surface area (Å²) in [6.45, 7) is 2.41. The molecule has 0 N–H and O–H groups in total. The first-order valence-corrected chi connectivity index (χ1v) is 4.68. The van der Waals surface area contributed by atoms with E-state index in [-0.39, 0.29) is 0 Å². The second-order valence-corrected chi connectivity index (χ2v) is 3.09. The number of allylic oxidation sites excluding steroid dienone is 1. The Balaban J connectivity index is 2.89. The zero-order valence-corrected chi connectivity index (χ0v) is 8.62. The van der Waals surface area contributed by atoms with Crippen molar-refractivity contribution in [2.24, 2.45) is 0 Å². The van der Waals surface area contributed by atoms with Crippen molar-refractivity contribution in [3.8, 4) is 0 Å². The number of carbonyl (C=O) groups excluding carboxylic acids is 1. The summed E-state index contributed by atoms with van der Waals surface area (Å²) in [6, 6.07) is 7.03. The Kier molecular flexibility index (Phi) is 4.20. The summed E-state index contributed by atoms with van der Waals surface area (Å²) < 4.78 is 5.04. The zero-order chi connectivity index (χ0) is 10.4. The molecule has 74 valence electrons. The Morgan fingerprint density at radius 3 is 2.57 bits per heavy atom. The van der Waals surface area contributed by atoms with Gasteiger partial charge in [0.05, 0.1) is 18.4 Å². The van der Waals surface area contributed by atoms with E-state index in [0.717, 1.165) is 11.8 Å². The Bertz CT molecular complexity index is 328. The Labute approximate surface area is 88.1 Å². The molecule has 0 amide bonds. The minimum absolute atomic E-state index is 0.517. The van der Waals surface area contributed by atoms with Gasteiger partial charge in [-0.05, 0) is 24.6 Å². The van der Waals surface area contributed by atoms with Gasteiger partial charge in [-0.25, -0.2) is 0 Å². The van der Waals surface area contributed by atoms with Crippen molar-refractivity contribution >= 4 is 23.5 Å². The average molecular weight is 211 g/mol. The van der Waals surface area contributed by atoms with Crippen LogP contribution in [-0.4, -0.2) is 12.9 Å². The standard InChI is InChI=1S/C11H11ClO2/c1-2-14-8-10(7-13)9-3-5-11(12)6-4-9/h3-8H,2H2,1H3/b10-8-. The third kappa shape index (κ3) is 2.89. The number of hydrogen-bond donors (Lipinski definition) is 0. The molecule has 14 heavy (non-hydrogen) atoms. The molecular formula is C11H11ClO2. The highest BCUT2D eigenvalue weighted by Gasteiger charge is 1.99. The van der Waals surface area contributed by atoms with Gasteiger partial charge in [0.15, 0.2) is 6.29 Å². The summed E-state index contributed by atoms with van der Waals surface area (Å²) in [5.41, 5.74) is 1.32. The predicted octanol–water partition coefficient (Wildman–Crippen LogP) is 2.92. The highest BCUT2D eigenvalue weighted by Crippen LogP contribution is 2.15. The van der Waals surface area contributed by atoms with Crippen LogP contribution in [0.25, 0.3) is 5.57 Å². The van der Waals surface area contributed by atoms with Crippen molar-refractivity contribution in [1.29, 1.82) is 0 Å². The molecule has 1 aromatic rings. The fourth-order valence-corrected chi connectivity index (χ4v) is 1.11. The van der Waals surface area contributed by atoms with Gasteiger partial charge in [0.1, 0.15) is 0 Å². The van der Waals surface area contributed by atoms with Crippen LogP contribution in [0, 0.1) is 0 Å². The molecule has 0 unspecified atom stereocenters. The third-order valence-electron chi connectivity index (χ3n) is 1.68. The van der Waals surface area contributed by atoms with Crippen LogP contribution in [0.5, 0.6) is 0 Å². The first kappa shape index (κ1) is 10.8. The largest absolute Gasteiger partial charge is 0.501 e. The van der Waals surface area contributed by atoms with Crippen molar-refractivity contribution < 1.29 is 9.53 Å². The molecule has 1 aromatic carbocycles. The topological polar surface area (TPSA) is 26.3 Å². The van der Waals surface area contributed by atoms with Crippen molar-refractivity contribution in [3.05, 3.63) is 41.1 Å². The van der Waals surface area contributed by atoms with Gasteiger partial charge in [0.25, 0.3) is 0 Å². The highest BCUT2D eigenvalue weighted by molar-refractivity contribution is 6.30. The zero-order valence-electron chi connectivity index (χ0n) is 7.87. The summed E-state index contributed by atoms with van der Waals surface area (Å²) in [4.78, 5) is 10.7. The Morgan fingerprint density at radius 2 is 2.07 bits per heavy atom. The number of aldehydes is 1. The molecule has 1 rings (SSSR count).